The highest BCUT2D eigenvalue weighted by molar-refractivity contribution is 6.33. The van der Waals surface area contributed by atoms with E-state index in [1.54, 1.807) is 6.07 Å². The minimum absolute atomic E-state index is 0.0197. The number of non-ortho nitro benzene ring substituents is 1. The maximum Gasteiger partial charge on any atom is 0.271 e. The summed E-state index contributed by atoms with van der Waals surface area (Å²) in [6.45, 7) is 10.8. The van der Waals surface area contributed by atoms with E-state index in [9.17, 15) is 10.1 Å². The molecule has 0 amide bonds. The number of nitro groups is 1. The highest BCUT2D eigenvalue weighted by Gasteiger charge is 2.37. The van der Waals surface area contributed by atoms with Crippen molar-refractivity contribution in [3.05, 3.63) is 57.1 Å². The lowest BCUT2D eigenvalue weighted by Crippen LogP contribution is -2.68. The standard InChI is InChI=1S/C23H28ClN8O2/c24-19-15-17(5-6-25-7-11-32-12-8-30(9-13-32)10-14-32)1-3-20(19)28-29-23-26-21-4-2-18(31(33)34)16-22(21)27-23/h1-4,15-16,25H,5-14H2,(H,26,27)/q+1. The molecule has 0 saturated carbocycles. The Morgan fingerprint density at radius 2 is 1.91 bits per heavy atom. The second-order valence-corrected chi connectivity index (χ2v) is 9.49. The molecule has 178 valence electrons. The molecule has 2 bridgehead atoms. The third-order valence-electron chi connectivity index (χ3n) is 6.95. The monoisotopic (exact) mass is 483 g/mol. The Hall–Kier alpha value is -2.92. The van der Waals surface area contributed by atoms with Gasteiger partial charge in [0.15, 0.2) is 0 Å². The molecule has 0 radical (unpaired) electrons. The average molecular weight is 484 g/mol. The first-order valence-electron chi connectivity index (χ1n) is 11.6. The molecule has 2 N–H and O–H groups in total. The van der Waals surface area contributed by atoms with E-state index in [0.29, 0.717) is 21.7 Å². The van der Waals surface area contributed by atoms with Crippen LogP contribution in [0, 0.1) is 10.1 Å². The van der Waals surface area contributed by atoms with Crippen molar-refractivity contribution >= 4 is 40.0 Å². The molecule has 0 aliphatic carbocycles. The van der Waals surface area contributed by atoms with Gasteiger partial charge < -0.3 is 14.8 Å². The molecule has 3 saturated heterocycles. The van der Waals surface area contributed by atoms with Crippen molar-refractivity contribution < 1.29 is 9.41 Å². The van der Waals surface area contributed by atoms with Crippen LogP contribution in [-0.2, 0) is 6.42 Å². The number of H-pyrrole nitrogens is 1. The van der Waals surface area contributed by atoms with Crippen LogP contribution in [0.3, 0.4) is 0 Å². The molecule has 34 heavy (non-hydrogen) atoms. The summed E-state index contributed by atoms with van der Waals surface area (Å²) in [5, 5.41) is 23.4. The van der Waals surface area contributed by atoms with Crippen molar-refractivity contribution in [2.24, 2.45) is 10.2 Å². The molecule has 4 heterocycles. The van der Waals surface area contributed by atoms with Crippen molar-refractivity contribution in [1.82, 2.24) is 20.2 Å². The quantitative estimate of drug-likeness (QED) is 0.158. The third kappa shape index (κ3) is 5.10. The number of hydrogen-bond acceptors (Lipinski definition) is 7. The highest BCUT2D eigenvalue weighted by atomic mass is 35.5. The lowest BCUT2D eigenvalue weighted by Gasteiger charge is -2.50. The first-order valence-corrected chi connectivity index (χ1v) is 12.0. The summed E-state index contributed by atoms with van der Waals surface area (Å²) < 4.78 is 1.27. The van der Waals surface area contributed by atoms with Crippen LogP contribution in [0.2, 0.25) is 5.02 Å². The fourth-order valence-corrected chi connectivity index (χ4v) is 5.01. The van der Waals surface area contributed by atoms with Crippen LogP contribution >= 0.6 is 11.6 Å². The van der Waals surface area contributed by atoms with Gasteiger partial charge in [-0.15, -0.1) is 10.2 Å². The number of nitrogens with one attached hydrogen (secondary N) is 2. The second kappa shape index (κ2) is 9.75. The molecule has 0 atom stereocenters. The maximum absolute atomic E-state index is 10.9. The zero-order chi connectivity index (χ0) is 23.5. The molecule has 10 nitrogen and oxygen atoms in total. The predicted molar refractivity (Wildman–Crippen MR) is 131 cm³/mol. The summed E-state index contributed by atoms with van der Waals surface area (Å²) in [4.78, 5) is 20.3. The van der Waals surface area contributed by atoms with E-state index in [1.165, 1.54) is 62.4 Å². The fraction of sp³-hybridized carbons (Fsp3) is 0.435. The van der Waals surface area contributed by atoms with Crippen LogP contribution in [-0.4, -0.2) is 83.2 Å². The summed E-state index contributed by atoms with van der Waals surface area (Å²) >= 11 is 6.43. The number of quaternary nitrogens is 1. The van der Waals surface area contributed by atoms with E-state index in [1.807, 2.05) is 18.2 Å². The average Bonchev–Trinajstić information content (AvgIpc) is 3.26. The SMILES string of the molecule is O=[N+]([O-])c1ccc2[nH]c(N=Nc3ccc(CCNCC[N+]45CCN(CC4)CC5)cc3Cl)nc2c1. The first kappa shape index (κ1) is 22.9. The molecule has 3 fully saturated rings. The Labute approximate surface area is 202 Å². The van der Waals surface area contributed by atoms with E-state index in [4.69, 9.17) is 11.6 Å². The van der Waals surface area contributed by atoms with Gasteiger partial charge >= 0.3 is 0 Å². The molecule has 2 aromatic carbocycles. The summed E-state index contributed by atoms with van der Waals surface area (Å²) in [6.07, 6.45) is 0.896. The highest BCUT2D eigenvalue weighted by Crippen LogP contribution is 2.28. The van der Waals surface area contributed by atoms with E-state index in [2.05, 4.69) is 30.4 Å². The number of nitro benzene ring substituents is 1. The first-order chi connectivity index (χ1) is 16.5. The number of benzene rings is 2. The lowest BCUT2D eigenvalue weighted by atomic mass is 10.1. The van der Waals surface area contributed by atoms with E-state index >= 15 is 0 Å². The molecular formula is C23H28ClN8O2+. The zero-order valence-electron chi connectivity index (χ0n) is 18.9. The molecule has 3 aromatic rings. The number of imidazole rings is 1. The molecule has 3 aliphatic rings. The van der Waals surface area contributed by atoms with Gasteiger partial charge in [0, 0.05) is 38.3 Å². The van der Waals surface area contributed by atoms with Gasteiger partial charge in [-0.05, 0) is 36.7 Å². The minimum Gasteiger partial charge on any atom is -0.321 e. The number of piperazine rings is 3. The summed E-state index contributed by atoms with van der Waals surface area (Å²) in [6, 6.07) is 10.2. The Balaban J connectivity index is 1.13. The fourth-order valence-electron chi connectivity index (χ4n) is 4.77. The zero-order valence-corrected chi connectivity index (χ0v) is 19.7. The van der Waals surface area contributed by atoms with Gasteiger partial charge in [0.1, 0.15) is 5.69 Å². The number of azo groups is 1. The van der Waals surface area contributed by atoms with Gasteiger partial charge in [-0.3, -0.25) is 15.0 Å². The number of aromatic amines is 1. The van der Waals surface area contributed by atoms with Gasteiger partial charge in [0.25, 0.3) is 5.69 Å². The number of halogens is 1. The molecule has 11 heteroatoms. The van der Waals surface area contributed by atoms with Gasteiger partial charge in [0.05, 0.1) is 47.2 Å². The summed E-state index contributed by atoms with van der Waals surface area (Å²) in [7, 11) is 0. The lowest BCUT2D eigenvalue weighted by molar-refractivity contribution is -0.939. The van der Waals surface area contributed by atoms with Gasteiger partial charge in [-0.2, -0.15) is 0 Å². The Morgan fingerprint density at radius 1 is 1.12 bits per heavy atom. The van der Waals surface area contributed by atoms with Crippen LogP contribution in [0.25, 0.3) is 11.0 Å². The van der Waals surface area contributed by atoms with Crippen LogP contribution in [0.5, 0.6) is 0 Å². The summed E-state index contributed by atoms with van der Waals surface area (Å²) in [5.41, 5.74) is 2.79. The summed E-state index contributed by atoms with van der Waals surface area (Å²) in [5.74, 6) is 0.265. The largest absolute Gasteiger partial charge is 0.321 e. The number of fused-ring (bicyclic) bond motifs is 4. The van der Waals surface area contributed by atoms with Crippen LogP contribution in [0.15, 0.2) is 46.6 Å². The molecule has 3 aliphatic heterocycles. The van der Waals surface area contributed by atoms with Crippen molar-refractivity contribution in [2.75, 3.05) is 58.9 Å². The van der Waals surface area contributed by atoms with Crippen LogP contribution < -0.4 is 5.32 Å². The molecule has 0 unspecified atom stereocenters. The predicted octanol–water partition coefficient (Wildman–Crippen LogP) is 3.82. The van der Waals surface area contributed by atoms with Crippen LogP contribution in [0.4, 0.5) is 17.3 Å². The third-order valence-corrected chi connectivity index (χ3v) is 7.26. The minimum atomic E-state index is -0.454. The topological polar surface area (TPSA) is 112 Å². The van der Waals surface area contributed by atoms with Crippen LogP contribution in [0.1, 0.15) is 5.56 Å². The molecule has 6 rings (SSSR count). The smallest absolute Gasteiger partial charge is 0.271 e. The van der Waals surface area contributed by atoms with Gasteiger partial charge in [0.2, 0.25) is 5.95 Å². The Kier molecular flexibility index (Phi) is 6.55. The van der Waals surface area contributed by atoms with E-state index in [-0.39, 0.29) is 11.6 Å². The molecule has 1 aromatic heterocycles. The van der Waals surface area contributed by atoms with Crippen molar-refractivity contribution in [3.8, 4) is 0 Å². The van der Waals surface area contributed by atoms with Crippen molar-refractivity contribution in [3.63, 3.8) is 0 Å². The number of hydrogen-bond donors (Lipinski definition) is 2. The van der Waals surface area contributed by atoms with Gasteiger partial charge in [-0.25, -0.2) is 4.98 Å². The Bertz CT molecular complexity index is 1210. The molecule has 0 spiro atoms. The van der Waals surface area contributed by atoms with E-state index < -0.39 is 4.92 Å². The van der Waals surface area contributed by atoms with Gasteiger partial charge in [-0.1, -0.05) is 17.7 Å². The number of rotatable bonds is 9. The normalized spacial score (nSPS) is 22.1. The number of aromatic nitrogens is 2. The Morgan fingerprint density at radius 3 is 2.65 bits per heavy atom. The van der Waals surface area contributed by atoms with Crippen molar-refractivity contribution in [1.29, 1.82) is 0 Å². The molecular weight excluding hydrogens is 456 g/mol. The van der Waals surface area contributed by atoms with E-state index in [0.717, 1.165) is 25.1 Å². The maximum atomic E-state index is 10.9. The van der Waals surface area contributed by atoms with Crippen molar-refractivity contribution in [2.45, 2.75) is 6.42 Å². The number of nitrogens with zero attached hydrogens (tertiary/aromatic N) is 6. The second-order valence-electron chi connectivity index (χ2n) is 9.08.